The van der Waals surface area contributed by atoms with Crippen molar-refractivity contribution in [2.75, 3.05) is 11.1 Å². The lowest BCUT2D eigenvalue weighted by atomic mass is 10.0. The Kier molecular flexibility index (Phi) is 3.62. The van der Waals surface area contributed by atoms with Gasteiger partial charge in [-0.3, -0.25) is 0 Å². The van der Waals surface area contributed by atoms with Crippen LogP contribution in [0.3, 0.4) is 0 Å². The number of nitriles is 1. The molecule has 0 aromatic heterocycles. The number of nitrogens with one attached hydrogen (secondary N) is 1. The van der Waals surface area contributed by atoms with Gasteiger partial charge in [0.1, 0.15) is 5.82 Å². The zero-order valence-corrected chi connectivity index (χ0v) is 11.6. The average Bonchev–Trinajstić information content (AvgIpc) is 2.49. The van der Waals surface area contributed by atoms with Gasteiger partial charge in [0.05, 0.1) is 23.4 Å². The van der Waals surface area contributed by atoms with E-state index in [4.69, 9.17) is 5.26 Å². The second-order valence-corrected chi connectivity index (χ2v) is 5.75. The third kappa shape index (κ3) is 2.50. The number of fused-ring (bicyclic) bond motifs is 1. The number of rotatable bonds is 2. The first-order valence-electron chi connectivity index (χ1n) is 6.39. The van der Waals surface area contributed by atoms with Gasteiger partial charge >= 0.3 is 0 Å². The summed E-state index contributed by atoms with van der Waals surface area (Å²) in [5, 5.41) is 12.0. The normalized spacial score (nSPS) is 17.1. The second kappa shape index (κ2) is 5.56. The summed E-state index contributed by atoms with van der Waals surface area (Å²) in [7, 11) is 0. The van der Waals surface area contributed by atoms with E-state index < -0.39 is 0 Å². The number of hydrogen-bond donors (Lipinski definition) is 1. The molecular formula is C16H13FN2S. The Morgan fingerprint density at radius 3 is 2.90 bits per heavy atom. The summed E-state index contributed by atoms with van der Waals surface area (Å²) in [5.74, 6) is 1.54. The van der Waals surface area contributed by atoms with Gasteiger partial charge in [0.15, 0.2) is 0 Å². The van der Waals surface area contributed by atoms with Gasteiger partial charge in [0.2, 0.25) is 0 Å². The van der Waals surface area contributed by atoms with Gasteiger partial charge in [-0.1, -0.05) is 24.3 Å². The Labute approximate surface area is 121 Å². The van der Waals surface area contributed by atoms with Gasteiger partial charge in [0, 0.05) is 11.5 Å². The van der Waals surface area contributed by atoms with Crippen molar-refractivity contribution in [3.8, 4) is 6.07 Å². The van der Waals surface area contributed by atoms with Gasteiger partial charge in [-0.05, 0) is 29.3 Å². The standard InChI is InChI=1S/C16H13FN2S/c17-14-7-11(8-18)5-6-15(14)19-16-10-20-9-12-3-1-2-4-13(12)16/h1-7,16,19H,9-10H2. The van der Waals surface area contributed by atoms with Crippen molar-refractivity contribution in [1.29, 1.82) is 5.26 Å². The van der Waals surface area contributed by atoms with Gasteiger partial charge in [0.25, 0.3) is 0 Å². The molecule has 0 amide bonds. The van der Waals surface area contributed by atoms with E-state index in [2.05, 4.69) is 17.4 Å². The molecule has 0 spiro atoms. The monoisotopic (exact) mass is 284 g/mol. The predicted octanol–water partition coefficient (Wildman–Crippen LogP) is 4.10. The molecule has 1 heterocycles. The van der Waals surface area contributed by atoms with Gasteiger partial charge in [-0.2, -0.15) is 17.0 Å². The quantitative estimate of drug-likeness (QED) is 0.902. The molecule has 20 heavy (non-hydrogen) atoms. The van der Waals surface area contributed by atoms with E-state index in [0.29, 0.717) is 11.3 Å². The first kappa shape index (κ1) is 13.0. The van der Waals surface area contributed by atoms with Gasteiger partial charge in [-0.15, -0.1) is 0 Å². The molecule has 1 aliphatic rings. The van der Waals surface area contributed by atoms with Crippen LogP contribution in [0.5, 0.6) is 0 Å². The molecule has 100 valence electrons. The molecule has 2 aromatic rings. The smallest absolute Gasteiger partial charge is 0.147 e. The molecule has 2 nitrogen and oxygen atoms in total. The van der Waals surface area contributed by atoms with Gasteiger partial charge in [-0.25, -0.2) is 4.39 Å². The van der Waals surface area contributed by atoms with Crippen molar-refractivity contribution >= 4 is 17.4 Å². The number of anilines is 1. The molecule has 4 heteroatoms. The minimum absolute atomic E-state index is 0.104. The molecule has 0 saturated heterocycles. The van der Waals surface area contributed by atoms with Crippen LogP contribution in [-0.4, -0.2) is 5.75 Å². The average molecular weight is 284 g/mol. The summed E-state index contributed by atoms with van der Waals surface area (Å²) >= 11 is 1.84. The van der Waals surface area contributed by atoms with Crippen LogP contribution in [0, 0.1) is 17.1 Å². The minimum Gasteiger partial charge on any atom is -0.375 e. The molecule has 0 radical (unpaired) electrons. The number of halogens is 1. The summed E-state index contributed by atoms with van der Waals surface area (Å²) in [4.78, 5) is 0. The molecule has 0 bridgehead atoms. The molecule has 3 rings (SSSR count). The van der Waals surface area contributed by atoms with Crippen LogP contribution in [0.1, 0.15) is 22.7 Å². The lowest BCUT2D eigenvalue weighted by Gasteiger charge is -2.27. The van der Waals surface area contributed by atoms with E-state index in [9.17, 15) is 4.39 Å². The molecule has 1 unspecified atom stereocenters. The number of benzene rings is 2. The van der Waals surface area contributed by atoms with Crippen molar-refractivity contribution in [3.63, 3.8) is 0 Å². The van der Waals surface area contributed by atoms with Crippen LogP contribution in [0.2, 0.25) is 0 Å². The molecule has 0 fully saturated rings. The van der Waals surface area contributed by atoms with Crippen LogP contribution in [0.15, 0.2) is 42.5 Å². The van der Waals surface area contributed by atoms with E-state index in [1.54, 1.807) is 12.1 Å². The fraction of sp³-hybridized carbons (Fsp3) is 0.188. The highest BCUT2D eigenvalue weighted by atomic mass is 32.2. The molecule has 0 saturated carbocycles. The summed E-state index contributed by atoms with van der Waals surface area (Å²) in [5.41, 5.74) is 3.32. The fourth-order valence-electron chi connectivity index (χ4n) is 2.39. The lowest BCUT2D eigenvalue weighted by molar-refractivity contribution is 0.627. The minimum atomic E-state index is -0.378. The van der Waals surface area contributed by atoms with E-state index in [1.807, 2.05) is 30.0 Å². The van der Waals surface area contributed by atoms with Gasteiger partial charge < -0.3 is 5.32 Å². The molecule has 1 atom stereocenters. The van der Waals surface area contributed by atoms with Crippen LogP contribution in [0.4, 0.5) is 10.1 Å². The summed E-state index contributed by atoms with van der Waals surface area (Å²) in [6, 6.07) is 14.8. The van der Waals surface area contributed by atoms with Crippen molar-refractivity contribution in [1.82, 2.24) is 0 Å². The van der Waals surface area contributed by atoms with Crippen LogP contribution in [0.25, 0.3) is 0 Å². The number of hydrogen-bond acceptors (Lipinski definition) is 3. The fourth-order valence-corrected chi connectivity index (χ4v) is 3.49. The zero-order valence-electron chi connectivity index (χ0n) is 10.8. The Hall–Kier alpha value is -1.99. The predicted molar refractivity (Wildman–Crippen MR) is 80.1 cm³/mol. The Morgan fingerprint density at radius 1 is 1.25 bits per heavy atom. The first-order chi connectivity index (χ1) is 9.78. The summed E-state index contributed by atoms with van der Waals surface area (Å²) < 4.78 is 13.9. The maximum Gasteiger partial charge on any atom is 0.147 e. The van der Waals surface area contributed by atoms with Crippen LogP contribution < -0.4 is 5.32 Å². The Bertz CT molecular complexity index is 678. The highest BCUT2D eigenvalue weighted by Crippen LogP contribution is 2.34. The van der Waals surface area contributed by atoms with E-state index in [0.717, 1.165) is 11.5 Å². The van der Waals surface area contributed by atoms with Crippen LogP contribution >= 0.6 is 11.8 Å². The molecule has 0 aliphatic carbocycles. The largest absolute Gasteiger partial charge is 0.375 e. The molecule has 2 aromatic carbocycles. The third-order valence-corrected chi connectivity index (χ3v) is 4.48. The third-order valence-electron chi connectivity index (χ3n) is 3.40. The second-order valence-electron chi connectivity index (χ2n) is 4.72. The molecular weight excluding hydrogens is 271 g/mol. The molecule has 1 N–H and O–H groups in total. The first-order valence-corrected chi connectivity index (χ1v) is 7.55. The van der Waals surface area contributed by atoms with Crippen LogP contribution in [-0.2, 0) is 5.75 Å². The molecule has 1 aliphatic heterocycles. The van der Waals surface area contributed by atoms with Crippen molar-refractivity contribution < 1.29 is 4.39 Å². The van der Waals surface area contributed by atoms with E-state index in [-0.39, 0.29) is 11.9 Å². The number of thioether (sulfide) groups is 1. The van der Waals surface area contributed by atoms with E-state index in [1.165, 1.54) is 17.2 Å². The zero-order chi connectivity index (χ0) is 13.9. The maximum atomic E-state index is 13.9. The van der Waals surface area contributed by atoms with E-state index >= 15 is 0 Å². The Balaban J connectivity index is 1.88. The van der Waals surface area contributed by atoms with Crippen molar-refractivity contribution in [2.45, 2.75) is 11.8 Å². The summed E-state index contributed by atoms with van der Waals surface area (Å²) in [6.07, 6.45) is 0. The summed E-state index contributed by atoms with van der Waals surface area (Å²) in [6.45, 7) is 0. The Morgan fingerprint density at radius 2 is 2.10 bits per heavy atom. The lowest BCUT2D eigenvalue weighted by Crippen LogP contribution is -2.19. The highest BCUT2D eigenvalue weighted by Gasteiger charge is 2.20. The highest BCUT2D eigenvalue weighted by molar-refractivity contribution is 7.98. The number of nitrogens with zero attached hydrogens (tertiary/aromatic N) is 1. The maximum absolute atomic E-state index is 13.9. The topological polar surface area (TPSA) is 35.8 Å². The van der Waals surface area contributed by atoms with Crippen molar-refractivity contribution in [3.05, 3.63) is 65.0 Å². The van der Waals surface area contributed by atoms with Crippen molar-refractivity contribution in [2.24, 2.45) is 0 Å². The SMILES string of the molecule is N#Cc1ccc(NC2CSCc3ccccc32)c(F)c1.